The van der Waals surface area contributed by atoms with Gasteiger partial charge in [-0.2, -0.15) is 0 Å². The lowest BCUT2D eigenvalue weighted by Crippen LogP contribution is -2.20. The molecule has 0 bridgehead atoms. The number of anilines is 1. The SMILES string of the molecule is COc1cccc(-c2nnc(NC(=O)c3cc4ccccc4oc3=O)o2)c1. The van der Waals surface area contributed by atoms with Gasteiger partial charge in [0, 0.05) is 10.9 Å². The number of fused-ring (bicyclic) bond motifs is 1. The van der Waals surface area contributed by atoms with E-state index in [2.05, 4.69) is 15.5 Å². The number of benzene rings is 2. The van der Waals surface area contributed by atoms with Crippen molar-refractivity contribution in [3.63, 3.8) is 0 Å². The molecule has 0 unspecified atom stereocenters. The monoisotopic (exact) mass is 363 g/mol. The van der Waals surface area contributed by atoms with E-state index in [1.54, 1.807) is 55.6 Å². The number of hydrogen-bond acceptors (Lipinski definition) is 7. The maximum absolute atomic E-state index is 12.4. The summed E-state index contributed by atoms with van der Waals surface area (Å²) in [6.45, 7) is 0. The summed E-state index contributed by atoms with van der Waals surface area (Å²) in [6, 6.07) is 15.3. The number of para-hydroxylation sites is 1. The molecular formula is C19H13N3O5. The van der Waals surface area contributed by atoms with E-state index >= 15 is 0 Å². The molecule has 0 saturated carbocycles. The molecular weight excluding hydrogens is 350 g/mol. The molecule has 1 N–H and O–H groups in total. The molecule has 0 aliphatic rings. The van der Waals surface area contributed by atoms with Crippen LogP contribution in [0.5, 0.6) is 5.75 Å². The van der Waals surface area contributed by atoms with E-state index in [9.17, 15) is 9.59 Å². The minimum absolute atomic E-state index is 0.134. The summed E-state index contributed by atoms with van der Waals surface area (Å²) >= 11 is 0. The Labute approximate surface area is 152 Å². The van der Waals surface area contributed by atoms with Gasteiger partial charge in [-0.05, 0) is 30.3 Å². The van der Waals surface area contributed by atoms with Crippen molar-refractivity contribution in [1.29, 1.82) is 0 Å². The zero-order valence-corrected chi connectivity index (χ0v) is 14.1. The molecule has 4 rings (SSSR count). The Balaban J connectivity index is 1.59. The molecule has 0 radical (unpaired) electrons. The molecule has 0 fully saturated rings. The molecule has 2 heterocycles. The second kappa shape index (κ2) is 6.75. The Hall–Kier alpha value is -3.94. The molecule has 134 valence electrons. The first-order chi connectivity index (χ1) is 13.1. The van der Waals surface area contributed by atoms with Crippen molar-refractivity contribution in [1.82, 2.24) is 10.2 Å². The quantitative estimate of drug-likeness (QED) is 0.555. The van der Waals surface area contributed by atoms with E-state index in [-0.39, 0.29) is 17.5 Å². The van der Waals surface area contributed by atoms with Crippen molar-refractivity contribution in [3.8, 4) is 17.2 Å². The third-order valence-corrected chi connectivity index (χ3v) is 3.85. The summed E-state index contributed by atoms with van der Waals surface area (Å²) in [5.41, 5.74) is 0.123. The standard InChI is InChI=1S/C19H13N3O5/c1-25-13-7-4-6-12(9-13)17-21-22-19(27-17)20-16(23)14-10-11-5-2-3-8-15(11)26-18(14)24/h2-10H,1H3,(H,20,22,23). The molecule has 1 amide bonds. The molecule has 0 saturated heterocycles. The first-order valence-corrected chi connectivity index (χ1v) is 7.96. The minimum atomic E-state index is -0.751. The van der Waals surface area contributed by atoms with Gasteiger partial charge in [-0.3, -0.25) is 10.1 Å². The highest BCUT2D eigenvalue weighted by Crippen LogP contribution is 2.24. The van der Waals surface area contributed by atoms with Crippen LogP contribution >= 0.6 is 0 Å². The van der Waals surface area contributed by atoms with Gasteiger partial charge in [-0.25, -0.2) is 4.79 Å². The number of nitrogens with one attached hydrogen (secondary N) is 1. The summed E-state index contributed by atoms with van der Waals surface area (Å²) in [4.78, 5) is 24.5. The summed E-state index contributed by atoms with van der Waals surface area (Å²) in [7, 11) is 1.55. The lowest BCUT2D eigenvalue weighted by atomic mass is 10.2. The maximum Gasteiger partial charge on any atom is 0.349 e. The van der Waals surface area contributed by atoms with Crippen LogP contribution in [0.3, 0.4) is 0 Å². The Morgan fingerprint density at radius 1 is 1.04 bits per heavy atom. The van der Waals surface area contributed by atoms with Gasteiger partial charge in [0.2, 0.25) is 5.89 Å². The van der Waals surface area contributed by atoms with Crippen LogP contribution in [0.15, 0.2) is 68.2 Å². The zero-order valence-electron chi connectivity index (χ0n) is 14.1. The Morgan fingerprint density at radius 2 is 1.89 bits per heavy atom. The number of carbonyl (C=O) groups is 1. The summed E-state index contributed by atoms with van der Waals surface area (Å²) in [5.74, 6) is 0.134. The number of nitrogens with zero attached hydrogens (tertiary/aromatic N) is 2. The average molecular weight is 363 g/mol. The normalized spacial score (nSPS) is 10.7. The lowest BCUT2D eigenvalue weighted by molar-refractivity contribution is 0.102. The van der Waals surface area contributed by atoms with Crippen molar-refractivity contribution in [2.45, 2.75) is 0 Å². The van der Waals surface area contributed by atoms with Gasteiger partial charge in [0.1, 0.15) is 16.9 Å². The van der Waals surface area contributed by atoms with Crippen LogP contribution in [0.2, 0.25) is 0 Å². The van der Waals surface area contributed by atoms with E-state index in [0.717, 1.165) is 0 Å². The summed E-state index contributed by atoms with van der Waals surface area (Å²) < 4.78 is 15.8. The highest BCUT2D eigenvalue weighted by Gasteiger charge is 2.17. The number of rotatable bonds is 4. The molecule has 8 heteroatoms. The average Bonchev–Trinajstić information content (AvgIpc) is 3.16. The molecule has 0 spiro atoms. The van der Waals surface area contributed by atoms with Gasteiger partial charge < -0.3 is 13.6 Å². The molecule has 4 aromatic rings. The Bertz CT molecular complexity index is 1200. The van der Waals surface area contributed by atoms with Gasteiger partial charge in [0.05, 0.1) is 7.11 Å². The topological polar surface area (TPSA) is 107 Å². The lowest BCUT2D eigenvalue weighted by Gasteiger charge is -2.02. The van der Waals surface area contributed by atoms with Crippen molar-refractivity contribution >= 4 is 22.9 Å². The predicted molar refractivity (Wildman–Crippen MR) is 96.7 cm³/mol. The molecule has 0 atom stereocenters. The molecule has 2 aromatic carbocycles. The third-order valence-electron chi connectivity index (χ3n) is 3.85. The van der Waals surface area contributed by atoms with Crippen LogP contribution in [0.25, 0.3) is 22.4 Å². The van der Waals surface area contributed by atoms with Gasteiger partial charge in [-0.1, -0.05) is 29.4 Å². The van der Waals surface area contributed by atoms with Crippen LogP contribution in [0, 0.1) is 0 Å². The largest absolute Gasteiger partial charge is 0.497 e. The highest BCUT2D eigenvalue weighted by molar-refractivity contribution is 6.04. The van der Waals surface area contributed by atoms with Crippen molar-refractivity contribution in [3.05, 3.63) is 70.6 Å². The van der Waals surface area contributed by atoms with Crippen molar-refractivity contribution in [2.24, 2.45) is 0 Å². The van der Waals surface area contributed by atoms with E-state index in [4.69, 9.17) is 13.6 Å². The fourth-order valence-corrected chi connectivity index (χ4v) is 2.53. The van der Waals surface area contributed by atoms with E-state index in [1.807, 2.05) is 0 Å². The van der Waals surface area contributed by atoms with Gasteiger partial charge in [-0.15, -0.1) is 5.10 Å². The smallest absolute Gasteiger partial charge is 0.349 e. The fourth-order valence-electron chi connectivity index (χ4n) is 2.53. The van der Waals surface area contributed by atoms with Crippen LogP contribution in [0.4, 0.5) is 6.01 Å². The van der Waals surface area contributed by atoms with Crippen LogP contribution in [-0.4, -0.2) is 23.2 Å². The molecule has 8 nitrogen and oxygen atoms in total. The van der Waals surface area contributed by atoms with E-state index in [1.165, 1.54) is 6.07 Å². The molecule has 0 aliphatic carbocycles. The van der Waals surface area contributed by atoms with E-state index < -0.39 is 11.5 Å². The second-order valence-corrected chi connectivity index (χ2v) is 5.58. The van der Waals surface area contributed by atoms with Gasteiger partial charge >= 0.3 is 11.6 Å². The predicted octanol–water partition coefficient (Wildman–Crippen LogP) is 3.10. The number of amides is 1. The van der Waals surface area contributed by atoms with Crippen molar-refractivity contribution < 1.29 is 18.4 Å². The zero-order chi connectivity index (χ0) is 18.8. The fraction of sp³-hybridized carbons (Fsp3) is 0.0526. The first-order valence-electron chi connectivity index (χ1n) is 7.96. The highest BCUT2D eigenvalue weighted by atomic mass is 16.5. The number of aromatic nitrogens is 2. The second-order valence-electron chi connectivity index (χ2n) is 5.58. The summed E-state index contributed by atoms with van der Waals surface area (Å²) in [6.07, 6.45) is 0. The first kappa shape index (κ1) is 16.5. The van der Waals surface area contributed by atoms with Crippen LogP contribution < -0.4 is 15.7 Å². The number of ether oxygens (including phenoxy) is 1. The van der Waals surface area contributed by atoms with Crippen molar-refractivity contribution in [2.75, 3.05) is 12.4 Å². The van der Waals surface area contributed by atoms with Crippen LogP contribution in [-0.2, 0) is 0 Å². The number of carbonyl (C=O) groups excluding carboxylic acids is 1. The van der Waals surface area contributed by atoms with Gasteiger partial charge in [0.15, 0.2) is 0 Å². The third kappa shape index (κ3) is 3.28. The Kier molecular flexibility index (Phi) is 4.13. The minimum Gasteiger partial charge on any atom is -0.497 e. The van der Waals surface area contributed by atoms with Gasteiger partial charge in [0.25, 0.3) is 5.91 Å². The van der Waals surface area contributed by atoms with Crippen LogP contribution in [0.1, 0.15) is 10.4 Å². The molecule has 27 heavy (non-hydrogen) atoms. The number of methoxy groups -OCH3 is 1. The number of hydrogen-bond donors (Lipinski definition) is 1. The molecule has 0 aliphatic heterocycles. The summed E-state index contributed by atoms with van der Waals surface area (Å²) in [5, 5.41) is 10.7. The Morgan fingerprint density at radius 3 is 2.74 bits per heavy atom. The van der Waals surface area contributed by atoms with E-state index in [0.29, 0.717) is 22.3 Å². The maximum atomic E-state index is 12.4. The molecule has 2 aromatic heterocycles.